The molecular weight excluding hydrogens is 234 g/mol. The first-order chi connectivity index (χ1) is 7.90. The molecule has 16 heavy (non-hydrogen) atoms. The molecule has 0 amide bonds. The van der Waals surface area contributed by atoms with Gasteiger partial charge in [-0.3, -0.25) is 0 Å². The van der Waals surface area contributed by atoms with Crippen LogP contribution < -0.4 is 4.57 Å². The number of aromatic nitrogens is 1. The van der Waals surface area contributed by atoms with Gasteiger partial charge in [-0.25, -0.2) is 0 Å². The Hall–Kier alpha value is -0.930. The first-order valence-electron chi connectivity index (χ1n) is 5.19. The fourth-order valence-electron chi connectivity index (χ4n) is 1.99. The summed E-state index contributed by atoms with van der Waals surface area (Å²) in [5.41, 5.74) is 2.69. The minimum atomic E-state index is 1.01. The highest BCUT2D eigenvalue weighted by atomic mass is 32.2. The molecule has 1 aromatic heterocycles. The third kappa shape index (κ3) is 1.55. The minimum absolute atomic E-state index is 1.01. The van der Waals surface area contributed by atoms with Crippen molar-refractivity contribution in [1.82, 2.24) is 0 Å². The number of rotatable bonds is 1. The second-order valence-electron chi connectivity index (χ2n) is 3.67. The van der Waals surface area contributed by atoms with Crippen LogP contribution >= 0.6 is 23.5 Å². The van der Waals surface area contributed by atoms with E-state index in [1.54, 1.807) is 0 Å². The van der Waals surface area contributed by atoms with Crippen molar-refractivity contribution < 1.29 is 4.57 Å². The average molecular weight is 246 g/mol. The first-order valence-corrected chi connectivity index (χ1v) is 7.40. The summed E-state index contributed by atoms with van der Waals surface area (Å²) in [7, 11) is 0. The Morgan fingerprint density at radius 1 is 1.19 bits per heavy atom. The Morgan fingerprint density at radius 2 is 2.12 bits per heavy atom. The van der Waals surface area contributed by atoms with Crippen molar-refractivity contribution in [1.29, 1.82) is 0 Å². The first kappa shape index (κ1) is 10.2. The van der Waals surface area contributed by atoms with Gasteiger partial charge in [-0.2, -0.15) is 4.57 Å². The summed E-state index contributed by atoms with van der Waals surface area (Å²) < 4.78 is 2.30. The Labute approximate surface area is 104 Å². The standard InChI is InChI=1S/C13H12NS2/c1-15-12-7-4-5-10-11-6-2-3-8-14(11)9-16-13(10)12/h2-8H,9H2,1H3/q+1. The van der Waals surface area contributed by atoms with Gasteiger partial charge in [0.25, 0.3) is 0 Å². The molecule has 1 aromatic carbocycles. The fraction of sp³-hybridized carbons (Fsp3) is 0.154. The van der Waals surface area contributed by atoms with E-state index >= 15 is 0 Å². The molecule has 1 nitrogen and oxygen atoms in total. The number of pyridine rings is 1. The molecule has 1 aliphatic rings. The van der Waals surface area contributed by atoms with E-state index in [1.807, 2.05) is 23.5 Å². The summed E-state index contributed by atoms with van der Waals surface area (Å²) in [5.74, 6) is 1.01. The summed E-state index contributed by atoms with van der Waals surface area (Å²) in [6, 6.07) is 13.0. The molecule has 0 N–H and O–H groups in total. The lowest BCUT2D eigenvalue weighted by Crippen LogP contribution is -2.36. The average Bonchev–Trinajstić information content (AvgIpc) is 2.37. The molecule has 1 aliphatic heterocycles. The van der Waals surface area contributed by atoms with E-state index in [0.29, 0.717) is 0 Å². The topological polar surface area (TPSA) is 3.88 Å². The van der Waals surface area contributed by atoms with Crippen LogP contribution in [0.15, 0.2) is 52.4 Å². The zero-order chi connectivity index (χ0) is 11.0. The second kappa shape index (κ2) is 4.15. The SMILES string of the molecule is CSc1cccc2c1SC[n+]1ccccc1-2. The predicted octanol–water partition coefficient (Wildman–Crippen LogP) is 3.43. The molecule has 0 aliphatic carbocycles. The number of nitrogens with zero attached hydrogens (tertiary/aromatic N) is 1. The van der Waals surface area contributed by atoms with Crippen LogP contribution in [0.25, 0.3) is 11.3 Å². The molecular formula is C13H12NS2+. The monoisotopic (exact) mass is 246 g/mol. The Kier molecular flexibility index (Phi) is 2.65. The highest BCUT2D eigenvalue weighted by Crippen LogP contribution is 2.39. The van der Waals surface area contributed by atoms with Crippen LogP contribution in [0, 0.1) is 0 Å². The summed E-state index contributed by atoms with van der Waals surface area (Å²) >= 11 is 3.75. The normalized spacial score (nSPS) is 13.1. The van der Waals surface area contributed by atoms with Gasteiger partial charge in [0, 0.05) is 21.9 Å². The summed E-state index contributed by atoms with van der Waals surface area (Å²) in [5, 5.41) is 0. The van der Waals surface area contributed by atoms with E-state index in [1.165, 1.54) is 21.0 Å². The third-order valence-electron chi connectivity index (χ3n) is 2.76. The molecule has 0 radical (unpaired) electrons. The molecule has 0 saturated carbocycles. The fourth-order valence-corrected chi connectivity index (χ4v) is 3.96. The maximum Gasteiger partial charge on any atom is 0.214 e. The quantitative estimate of drug-likeness (QED) is 0.560. The molecule has 0 spiro atoms. The molecule has 0 atom stereocenters. The molecule has 0 unspecified atom stereocenters. The predicted molar refractivity (Wildman–Crippen MR) is 69.7 cm³/mol. The summed E-state index contributed by atoms with van der Waals surface area (Å²) in [4.78, 5) is 2.82. The smallest absolute Gasteiger partial charge is 0.188 e. The lowest BCUT2D eigenvalue weighted by molar-refractivity contribution is -0.665. The maximum atomic E-state index is 2.30. The number of hydrogen-bond acceptors (Lipinski definition) is 2. The van der Waals surface area contributed by atoms with E-state index in [9.17, 15) is 0 Å². The zero-order valence-electron chi connectivity index (χ0n) is 9.01. The summed E-state index contributed by atoms with van der Waals surface area (Å²) in [6.45, 7) is 0. The molecule has 3 heteroatoms. The molecule has 80 valence electrons. The van der Waals surface area contributed by atoms with Gasteiger partial charge >= 0.3 is 0 Å². The van der Waals surface area contributed by atoms with Crippen LogP contribution in [0.2, 0.25) is 0 Å². The number of thioether (sulfide) groups is 2. The summed E-state index contributed by atoms with van der Waals surface area (Å²) in [6.07, 6.45) is 4.29. The van der Waals surface area contributed by atoms with Gasteiger partial charge in [0.15, 0.2) is 12.1 Å². The molecule has 0 fully saturated rings. The van der Waals surface area contributed by atoms with Crippen molar-refractivity contribution in [2.24, 2.45) is 0 Å². The van der Waals surface area contributed by atoms with Crippen molar-refractivity contribution in [3.05, 3.63) is 42.6 Å². The van der Waals surface area contributed by atoms with Gasteiger partial charge < -0.3 is 0 Å². The van der Waals surface area contributed by atoms with Gasteiger partial charge in [-0.05, 0) is 24.5 Å². The van der Waals surface area contributed by atoms with Crippen molar-refractivity contribution in [2.45, 2.75) is 15.7 Å². The van der Waals surface area contributed by atoms with Crippen molar-refractivity contribution >= 4 is 23.5 Å². The molecule has 0 bridgehead atoms. The Balaban J connectivity index is 2.25. The molecule has 3 rings (SSSR count). The van der Waals surface area contributed by atoms with Crippen molar-refractivity contribution in [3.8, 4) is 11.3 Å². The number of hydrogen-bond donors (Lipinski definition) is 0. The van der Waals surface area contributed by atoms with E-state index in [0.717, 1.165) is 5.88 Å². The lowest BCUT2D eigenvalue weighted by atomic mass is 10.1. The van der Waals surface area contributed by atoms with Crippen molar-refractivity contribution in [2.75, 3.05) is 6.26 Å². The van der Waals surface area contributed by atoms with Gasteiger partial charge in [0.05, 0.1) is 5.56 Å². The highest BCUT2D eigenvalue weighted by Gasteiger charge is 2.23. The highest BCUT2D eigenvalue weighted by molar-refractivity contribution is 8.01. The van der Waals surface area contributed by atoms with E-state index < -0.39 is 0 Å². The molecule has 2 heterocycles. The molecule has 0 saturated heterocycles. The lowest BCUT2D eigenvalue weighted by Gasteiger charge is -2.15. The number of fused-ring (bicyclic) bond motifs is 3. The minimum Gasteiger partial charge on any atom is -0.188 e. The van der Waals surface area contributed by atoms with Crippen LogP contribution in [0.3, 0.4) is 0 Å². The van der Waals surface area contributed by atoms with Crippen LogP contribution in [0.1, 0.15) is 0 Å². The van der Waals surface area contributed by atoms with Gasteiger partial charge in [0.1, 0.15) is 0 Å². The van der Waals surface area contributed by atoms with E-state index in [4.69, 9.17) is 0 Å². The Morgan fingerprint density at radius 3 is 3.00 bits per heavy atom. The largest absolute Gasteiger partial charge is 0.214 e. The second-order valence-corrected chi connectivity index (χ2v) is 5.47. The Bertz CT molecular complexity index is 537. The van der Waals surface area contributed by atoms with Gasteiger partial charge in [-0.1, -0.05) is 17.8 Å². The van der Waals surface area contributed by atoms with E-state index in [2.05, 4.69) is 53.4 Å². The van der Waals surface area contributed by atoms with Crippen LogP contribution in [-0.2, 0) is 5.88 Å². The van der Waals surface area contributed by atoms with Crippen LogP contribution in [0.5, 0.6) is 0 Å². The maximum absolute atomic E-state index is 2.30. The third-order valence-corrected chi connectivity index (χ3v) is 4.81. The van der Waals surface area contributed by atoms with Crippen molar-refractivity contribution in [3.63, 3.8) is 0 Å². The zero-order valence-corrected chi connectivity index (χ0v) is 10.6. The van der Waals surface area contributed by atoms with Crippen LogP contribution in [0.4, 0.5) is 0 Å². The molecule has 2 aromatic rings. The number of benzene rings is 1. The van der Waals surface area contributed by atoms with E-state index in [-0.39, 0.29) is 0 Å². The van der Waals surface area contributed by atoms with Gasteiger partial charge in [-0.15, -0.1) is 11.8 Å². The van der Waals surface area contributed by atoms with Gasteiger partial charge in [0.2, 0.25) is 5.69 Å². The van der Waals surface area contributed by atoms with Crippen LogP contribution in [-0.4, -0.2) is 6.26 Å².